The van der Waals surface area contributed by atoms with E-state index < -0.39 is 0 Å². The third kappa shape index (κ3) is 4.18. The number of fused-ring (bicyclic) bond motifs is 1. The molecule has 0 fully saturated rings. The molecule has 144 valence electrons. The highest BCUT2D eigenvalue weighted by molar-refractivity contribution is 5.95. The molecule has 0 atom stereocenters. The minimum absolute atomic E-state index is 0.0924. The second-order valence-corrected chi connectivity index (χ2v) is 7.81. The number of carbonyl (C=O) groups excluding carboxylic acids is 1. The number of ether oxygens (including phenoxy) is 3. The molecule has 0 saturated heterocycles. The van der Waals surface area contributed by atoms with Gasteiger partial charge in [0.2, 0.25) is 5.75 Å². The van der Waals surface area contributed by atoms with Gasteiger partial charge in [0, 0.05) is 19.2 Å². The van der Waals surface area contributed by atoms with Gasteiger partial charge in [0.1, 0.15) is 13.2 Å². The van der Waals surface area contributed by atoms with Crippen molar-refractivity contribution in [3.05, 3.63) is 53.1 Å². The number of benzene rings is 2. The van der Waals surface area contributed by atoms with E-state index in [0.29, 0.717) is 42.6 Å². The Morgan fingerprint density at radius 3 is 2.41 bits per heavy atom. The van der Waals surface area contributed by atoms with Crippen molar-refractivity contribution < 1.29 is 19.0 Å². The average Bonchev–Trinajstić information content (AvgIpc) is 2.66. The molecule has 0 aromatic heterocycles. The molecule has 0 aliphatic carbocycles. The Kier molecular flexibility index (Phi) is 5.31. The maximum atomic E-state index is 12.9. The van der Waals surface area contributed by atoms with Gasteiger partial charge in [0.15, 0.2) is 11.5 Å². The number of methoxy groups -OCH3 is 1. The lowest BCUT2D eigenvalue weighted by Gasteiger charge is -2.23. The van der Waals surface area contributed by atoms with Gasteiger partial charge >= 0.3 is 0 Å². The van der Waals surface area contributed by atoms with E-state index in [0.717, 1.165) is 5.56 Å². The highest BCUT2D eigenvalue weighted by atomic mass is 16.6. The van der Waals surface area contributed by atoms with Gasteiger partial charge in [-0.3, -0.25) is 4.79 Å². The zero-order valence-electron chi connectivity index (χ0n) is 16.7. The van der Waals surface area contributed by atoms with Crippen LogP contribution in [0, 0.1) is 0 Å². The quantitative estimate of drug-likeness (QED) is 0.816. The third-order valence-electron chi connectivity index (χ3n) is 4.66. The summed E-state index contributed by atoms with van der Waals surface area (Å²) in [5.41, 5.74) is 2.99. The number of amides is 1. The fourth-order valence-corrected chi connectivity index (χ4v) is 3.07. The number of rotatable bonds is 4. The topological polar surface area (TPSA) is 48.0 Å². The van der Waals surface area contributed by atoms with Crippen molar-refractivity contribution >= 4 is 5.91 Å². The maximum Gasteiger partial charge on any atom is 0.254 e. The molecule has 5 heteroatoms. The molecule has 2 aromatic carbocycles. The first-order chi connectivity index (χ1) is 12.8. The third-order valence-corrected chi connectivity index (χ3v) is 4.66. The van der Waals surface area contributed by atoms with Crippen LogP contribution in [0.15, 0.2) is 36.4 Å². The smallest absolute Gasteiger partial charge is 0.254 e. The summed E-state index contributed by atoms with van der Waals surface area (Å²) in [7, 11) is 3.35. The Morgan fingerprint density at radius 1 is 1.11 bits per heavy atom. The molecule has 1 aliphatic rings. The lowest BCUT2D eigenvalue weighted by atomic mass is 9.87. The minimum atomic E-state index is -0.0924. The van der Waals surface area contributed by atoms with Crippen LogP contribution >= 0.6 is 0 Å². The van der Waals surface area contributed by atoms with Gasteiger partial charge in [-0.25, -0.2) is 0 Å². The summed E-state index contributed by atoms with van der Waals surface area (Å²) in [6, 6.07) is 11.8. The van der Waals surface area contributed by atoms with Crippen LogP contribution in [0.1, 0.15) is 42.3 Å². The molecule has 27 heavy (non-hydrogen) atoms. The fraction of sp³-hybridized carbons (Fsp3) is 0.409. The van der Waals surface area contributed by atoms with E-state index in [1.54, 1.807) is 31.2 Å². The van der Waals surface area contributed by atoms with Gasteiger partial charge in [0.25, 0.3) is 5.91 Å². The van der Waals surface area contributed by atoms with Crippen molar-refractivity contribution in [3.8, 4) is 17.2 Å². The highest BCUT2D eigenvalue weighted by Gasteiger charge is 2.22. The molecule has 3 rings (SSSR count). The molecule has 1 amide bonds. The van der Waals surface area contributed by atoms with Gasteiger partial charge < -0.3 is 19.1 Å². The van der Waals surface area contributed by atoms with Crippen LogP contribution in [-0.4, -0.2) is 38.2 Å². The van der Waals surface area contributed by atoms with E-state index >= 15 is 0 Å². The summed E-state index contributed by atoms with van der Waals surface area (Å²) in [5.74, 6) is 1.52. The van der Waals surface area contributed by atoms with Gasteiger partial charge in [-0.05, 0) is 28.7 Å². The first kappa shape index (κ1) is 19.1. The maximum absolute atomic E-state index is 12.9. The van der Waals surface area contributed by atoms with Crippen LogP contribution in [0.4, 0.5) is 0 Å². The number of hydrogen-bond donors (Lipinski definition) is 0. The Hall–Kier alpha value is -2.69. The summed E-state index contributed by atoms with van der Waals surface area (Å²) < 4.78 is 16.6. The Bertz CT molecular complexity index is 804. The second-order valence-electron chi connectivity index (χ2n) is 7.81. The standard InChI is InChI=1S/C22H27NO4/c1-22(2,3)17-8-6-15(7-9-17)14-23(4)21(24)16-12-18(25-5)20-19(13-16)26-10-11-27-20/h6-9,12-13H,10-11,14H2,1-5H3. The Morgan fingerprint density at radius 2 is 1.78 bits per heavy atom. The Balaban J connectivity index is 1.77. The molecule has 5 nitrogen and oxygen atoms in total. The number of carbonyl (C=O) groups is 1. The summed E-state index contributed by atoms with van der Waals surface area (Å²) in [5, 5.41) is 0. The first-order valence-electron chi connectivity index (χ1n) is 9.12. The molecule has 1 heterocycles. The Labute approximate surface area is 160 Å². The molecule has 0 spiro atoms. The number of nitrogens with zero attached hydrogens (tertiary/aromatic N) is 1. The van der Waals surface area contributed by atoms with Crippen molar-refractivity contribution in [2.75, 3.05) is 27.4 Å². The number of hydrogen-bond acceptors (Lipinski definition) is 4. The van der Waals surface area contributed by atoms with E-state index in [1.807, 2.05) is 0 Å². The van der Waals surface area contributed by atoms with Crippen molar-refractivity contribution in [1.82, 2.24) is 4.90 Å². The van der Waals surface area contributed by atoms with Gasteiger partial charge in [-0.2, -0.15) is 0 Å². The summed E-state index contributed by atoms with van der Waals surface area (Å²) in [6.45, 7) is 8.03. The van der Waals surface area contributed by atoms with Gasteiger partial charge in [-0.1, -0.05) is 45.0 Å². The summed E-state index contributed by atoms with van der Waals surface area (Å²) >= 11 is 0. The average molecular weight is 369 g/mol. The molecule has 0 radical (unpaired) electrons. The molecule has 0 saturated carbocycles. The van der Waals surface area contributed by atoms with Crippen LogP contribution in [0.3, 0.4) is 0 Å². The van der Waals surface area contributed by atoms with E-state index in [1.165, 1.54) is 5.56 Å². The van der Waals surface area contributed by atoms with Crippen LogP contribution in [0.5, 0.6) is 17.2 Å². The molecule has 2 aromatic rings. The van der Waals surface area contributed by atoms with Crippen LogP contribution in [-0.2, 0) is 12.0 Å². The van der Waals surface area contributed by atoms with Crippen molar-refractivity contribution in [2.24, 2.45) is 0 Å². The largest absolute Gasteiger partial charge is 0.493 e. The van der Waals surface area contributed by atoms with Crippen LogP contribution in [0.25, 0.3) is 0 Å². The molecule has 0 bridgehead atoms. The van der Waals surface area contributed by atoms with Gasteiger partial charge in [0.05, 0.1) is 7.11 Å². The van der Waals surface area contributed by atoms with Gasteiger partial charge in [-0.15, -0.1) is 0 Å². The minimum Gasteiger partial charge on any atom is -0.493 e. The summed E-state index contributed by atoms with van der Waals surface area (Å²) in [6.07, 6.45) is 0. The monoisotopic (exact) mass is 369 g/mol. The normalized spacial score (nSPS) is 13.2. The van der Waals surface area contributed by atoms with E-state index in [4.69, 9.17) is 14.2 Å². The lowest BCUT2D eigenvalue weighted by Crippen LogP contribution is -2.26. The molecular weight excluding hydrogens is 342 g/mol. The predicted octanol–water partition coefficient (Wildman–Crippen LogP) is 4.04. The van der Waals surface area contributed by atoms with Crippen LogP contribution < -0.4 is 14.2 Å². The van der Waals surface area contributed by atoms with Crippen molar-refractivity contribution in [3.63, 3.8) is 0 Å². The second kappa shape index (κ2) is 7.51. The first-order valence-corrected chi connectivity index (χ1v) is 9.12. The molecule has 1 aliphatic heterocycles. The predicted molar refractivity (Wildman–Crippen MR) is 105 cm³/mol. The molecule has 0 unspecified atom stereocenters. The fourth-order valence-electron chi connectivity index (χ4n) is 3.07. The van der Waals surface area contributed by atoms with E-state index in [-0.39, 0.29) is 11.3 Å². The lowest BCUT2D eigenvalue weighted by molar-refractivity contribution is 0.0783. The molecule has 0 N–H and O–H groups in total. The van der Waals surface area contributed by atoms with Crippen LogP contribution in [0.2, 0.25) is 0 Å². The van der Waals surface area contributed by atoms with Crippen molar-refractivity contribution in [2.45, 2.75) is 32.7 Å². The zero-order chi connectivity index (χ0) is 19.6. The van der Waals surface area contributed by atoms with E-state index in [9.17, 15) is 4.79 Å². The van der Waals surface area contributed by atoms with E-state index in [2.05, 4.69) is 45.0 Å². The van der Waals surface area contributed by atoms with Crippen molar-refractivity contribution in [1.29, 1.82) is 0 Å². The zero-order valence-corrected chi connectivity index (χ0v) is 16.7. The highest BCUT2D eigenvalue weighted by Crippen LogP contribution is 2.40. The molecular formula is C22H27NO4. The summed E-state index contributed by atoms with van der Waals surface area (Å²) in [4.78, 5) is 14.6. The SMILES string of the molecule is COc1cc(C(=O)N(C)Cc2ccc(C(C)(C)C)cc2)cc2c1OCCO2.